The van der Waals surface area contributed by atoms with Crippen LogP contribution in [0.4, 0.5) is 0 Å². The maximum absolute atomic E-state index is 14.3. The summed E-state index contributed by atoms with van der Waals surface area (Å²) in [6.45, 7) is 2.50. The molecular weight excluding hydrogens is 741 g/mol. The molecule has 0 fully saturated rings. The van der Waals surface area contributed by atoms with Crippen molar-refractivity contribution in [2.75, 3.05) is 0 Å². The highest BCUT2D eigenvalue weighted by Crippen LogP contribution is 2.43. The predicted octanol–water partition coefficient (Wildman–Crippen LogP) is 10.0. The third-order valence-electron chi connectivity index (χ3n) is 11.4. The summed E-state index contributed by atoms with van der Waals surface area (Å²) in [4.78, 5) is 19.3. The molecule has 0 bridgehead atoms. The summed E-state index contributed by atoms with van der Waals surface area (Å²) in [6.07, 6.45) is 1.73. The smallest absolute Gasteiger partial charge is 0.261 e. The zero-order valence-corrected chi connectivity index (χ0v) is 33.3. The van der Waals surface area contributed by atoms with Crippen LogP contribution in [0.25, 0.3) is 33.4 Å². The number of hydrogen-bond acceptors (Lipinski definition) is 6. The Bertz CT molecular complexity index is 2820. The molecule has 9 rings (SSSR count). The molecule has 8 heteroatoms. The van der Waals surface area contributed by atoms with Crippen molar-refractivity contribution < 1.29 is 5.11 Å². The van der Waals surface area contributed by atoms with Crippen LogP contribution in [0.1, 0.15) is 65.1 Å². The van der Waals surface area contributed by atoms with Gasteiger partial charge in [-0.25, -0.2) is 9.67 Å². The lowest BCUT2D eigenvalue weighted by Crippen LogP contribution is -2.39. The van der Waals surface area contributed by atoms with Gasteiger partial charge in [0, 0.05) is 12.0 Å². The van der Waals surface area contributed by atoms with Crippen LogP contribution < -0.4 is 5.56 Å². The van der Waals surface area contributed by atoms with E-state index in [4.69, 9.17) is 15.3 Å². The summed E-state index contributed by atoms with van der Waals surface area (Å²) >= 11 is 0. The van der Waals surface area contributed by atoms with Gasteiger partial charge >= 0.3 is 0 Å². The Morgan fingerprint density at radius 2 is 1.20 bits per heavy atom. The number of hydrogen-bond donors (Lipinski definition) is 1. The van der Waals surface area contributed by atoms with Crippen molar-refractivity contribution in [1.82, 2.24) is 29.8 Å². The number of nitrogens with zero attached hydrogens (tertiary/aromatic N) is 6. The summed E-state index contributed by atoms with van der Waals surface area (Å²) in [7, 11) is 0. The summed E-state index contributed by atoms with van der Waals surface area (Å²) in [5.41, 5.74) is 7.94. The number of aryl methyl sites for hydroxylation is 1. The lowest BCUT2D eigenvalue weighted by atomic mass is 9.77. The molecule has 8 nitrogen and oxygen atoms in total. The molecule has 0 amide bonds. The molecule has 0 radical (unpaired) electrons. The number of unbranched alkanes of at least 4 members (excludes halogenated alkanes) is 1. The highest BCUT2D eigenvalue weighted by molar-refractivity contribution is 5.81. The normalized spacial score (nSPS) is 12.1. The van der Waals surface area contributed by atoms with Crippen LogP contribution in [0.2, 0.25) is 0 Å². The molecule has 2 heterocycles. The fraction of sp³-hybridized carbons (Fsp3) is 0.135. The maximum atomic E-state index is 14.3. The van der Waals surface area contributed by atoms with E-state index in [0.29, 0.717) is 35.3 Å². The van der Waals surface area contributed by atoms with Crippen LogP contribution in [0.3, 0.4) is 0 Å². The van der Waals surface area contributed by atoms with Crippen molar-refractivity contribution in [3.63, 3.8) is 0 Å². The average Bonchev–Trinajstić information content (AvgIpc) is 3.81. The number of tetrazole rings is 1. The lowest BCUT2D eigenvalue weighted by Gasteiger charge is -2.36. The Balaban J connectivity index is 1.11. The molecule has 2 aromatic heterocycles. The summed E-state index contributed by atoms with van der Waals surface area (Å²) in [5, 5.41) is 25.5. The molecule has 0 spiro atoms. The SMILES string of the molecule is CCCCc1nc2ccc(C(O)c3ccccc3)cc2c(=O)n1Cc1ccc(-c2ccccc2-c2nnnn2C(c2ccccc2)(c2ccccc2)c2ccccc2)cc1. The van der Waals surface area contributed by atoms with Gasteiger partial charge in [0.05, 0.1) is 17.4 Å². The predicted molar refractivity (Wildman–Crippen MR) is 238 cm³/mol. The van der Waals surface area contributed by atoms with Gasteiger partial charge < -0.3 is 5.11 Å². The van der Waals surface area contributed by atoms with Gasteiger partial charge in [-0.15, -0.1) is 5.10 Å². The molecule has 0 aliphatic carbocycles. The zero-order valence-electron chi connectivity index (χ0n) is 33.3. The third-order valence-corrected chi connectivity index (χ3v) is 11.4. The Hall–Kier alpha value is -7.29. The van der Waals surface area contributed by atoms with Gasteiger partial charge in [-0.3, -0.25) is 9.36 Å². The highest BCUT2D eigenvalue weighted by Gasteiger charge is 2.42. The van der Waals surface area contributed by atoms with Gasteiger partial charge in [-0.1, -0.05) is 189 Å². The molecule has 1 unspecified atom stereocenters. The van der Waals surface area contributed by atoms with Gasteiger partial charge in [0.2, 0.25) is 0 Å². The highest BCUT2D eigenvalue weighted by atomic mass is 16.3. The first-order chi connectivity index (χ1) is 29.6. The molecule has 0 aliphatic heterocycles. The van der Waals surface area contributed by atoms with E-state index in [1.807, 2.05) is 77.5 Å². The molecule has 0 aliphatic rings. The topological polar surface area (TPSA) is 98.7 Å². The van der Waals surface area contributed by atoms with Crippen molar-refractivity contribution in [3.8, 4) is 22.5 Å². The van der Waals surface area contributed by atoms with Crippen LogP contribution >= 0.6 is 0 Å². The first kappa shape index (κ1) is 38.2. The molecule has 0 saturated carbocycles. The first-order valence-electron chi connectivity index (χ1n) is 20.5. The average molecular weight is 785 g/mol. The number of aliphatic hydroxyl groups is 1. The summed E-state index contributed by atoms with van der Waals surface area (Å²) in [6, 6.07) is 62.7. The van der Waals surface area contributed by atoms with Crippen LogP contribution in [0.5, 0.6) is 0 Å². The van der Waals surface area contributed by atoms with E-state index in [1.165, 1.54) is 0 Å². The van der Waals surface area contributed by atoms with Crippen molar-refractivity contribution in [2.45, 2.75) is 44.4 Å². The standard InChI is InChI=1S/C52H44N6O2/c1-2-3-28-48-53-47-34-33-40(49(59)39-18-8-4-9-19-39)35-46(47)51(60)57(48)36-37-29-31-38(32-30-37)44-26-16-17-27-45(44)50-54-55-56-58(50)52(41-20-10-5-11-21-41,42-22-12-6-13-23-42)43-24-14-7-15-25-43/h4-27,29-35,49,59H,2-3,28,36H2,1H3. The fourth-order valence-electron chi connectivity index (χ4n) is 8.36. The second kappa shape index (κ2) is 16.9. The number of aromatic nitrogens is 6. The molecule has 9 aromatic rings. The molecule has 1 N–H and O–H groups in total. The quantitative estimate of drug-likeness (QED) is 0.117. The van der Waals surface area contributed by atoms with Crippen molar-refractivity contribution in [3.05, 3.63) is 238 Å². The second-order valence-electron chi connectivity index (χ2n) is 15.1. The Labute approximate surface area is 349 Å². The molecule has 1 atom stereocenters. The van der Waals surface area contributed by atoms with E-state index in [-0.39, 0.29) is 5.56 Å². The van der Waals surface area contributed by atoms with E-state index in [9.17, 15) is 9.90 Å². The van der Waals surface area contributed by atoms with E-state index in [1.54, 1.807) is 10.6 Å². The van der Waals surface area contributed by atoms with Crippen LogP contribution in [0.15, 0.2) is 193 Å². The van der Waals surface area contributed by atoms with Crippen molar-refractivity contribution >= 4 is 10.9 Å². The van der Waals surface area contributed by atoms with Gasteiger partial charge in [0.25, 0.3) is 5.56 Å². The van der Waals surface area contributed by atoms with Gasteiger partial charge in [-0.2, -0.15) is 0 Å². The molecular formula is C52H44N6O2. The molecule has 7 aromatic carbocycles. The number of fused-ring (bicyclic) bond motifs is 1. The number of benzene rings is 7. The fourth-order valence-corrected chi connectivity index (χ4v) is 8.36. The second-order valence-corrected chi connectivity index (χ2v) is 15.1. The van der Waals surface area contributed by atoms with Crippen molar-refractivity contribution in [1.29, 1.82) is 0 Å². The monoisotopic (exact) mass is 784 g/mol. The first-order valence-corrected chi connectivity index (χ1v) is 20.5. The largest absolute Gasteiger partial charge is 0.384 e. The van der Waals surface area contributed by atoms with Crippen LogP contribution in [-0.4, -0.2) is 34.9 Å². The molecule has 294 valence electrons. The number of aliphatic hydroxyl groups excluding tert-OH is 1. The van der Waals surface area contributed by atoms with E-state index < -0.39 is 11.6 Å². The minimum atomic E-state index is -0.892. The van der Waals surface area contributed by atoms with Crippen LogP contribution in [-0.2, 0) is 18.5 Å². The number of rotatable bonds is 13. The third kappa shape index (κ3) is 7.11. The van der Waals surface area contributed by atoms with Gasteiger partial charge in [0.1, 0.15) is 17.5 Å². The lowest BCUT2D eigenvalue weighted by molar-refractivity contribution is 0.220. The van der Waals surface area contributed by atoms with E-state index in [2.05, 4.69) is 121 Å². The summed E-state index contributed by atoms with van der Waals surface area (Å²) < 4.78 is 3.76. The van der Waals surface area contributed by atoms with Gasteiger partial charge in [0.15, 0.2) is 5.82 Å². The van der Waals surface area contributed by atoms with Crippen LogP contribution in [0, 0.1) is 0 Å². The van der Waals surface area contributed by atoms with E-state index in [0.717, 1.165) is 63.2 Å². The minimum Gasteiger partial charge on any atom is -0.384 e. The molecule has 0 saturated heterocycles. The van der Waals surface area contributed by atoms with Gasteiger partial charge in [-0.05, 0) is 73.5 Å². The van der Waals surface area contributed by atoms with Crippen molar-refractivity contribution in [2.24, 2.45) is 0 Å². The Kier molecular flexibility index (Phi) is 10.8. The maximum Gasteiger partial charge on any atom is 0.261 e. The summed E-state index contributed by atoms with van der Waals surface area (Å²) in [5.74, 6) is 1.38. The Morgan fingerprint density at radius 3 is 1.80 bits per heavy atom. The Morgan fingerprint density at radius 1 is 0.633 bits per heavy atom. The van der Waals surface area contributed by atoms with E-state index >= 15 is 0 Å². The zero-order chi connectivity index (χ0) is 40.9. The molecule has 60 heavy (non-hydrogen) atoms. The minimum absolute atomic E-state index is 0.117.